The molecule has 2 N–H and O–H groups in total. The molecule has 0 fully saturated rings. The molecule has 0 aliphatic carbocycles. The van der Waals surface area contributed by atoms with E-state index >= 15 is 0 Å². The number of fused-ring (bicyclic) bond motifs is 1. The molecule has 0 radical (unpaired) electrons. The minimum Gasteiger partial charge on any atom is -0.346 e. The summed E-state index contributed by atoms with van der Waals surface area (Å²) in [6.07, 6.45) is 5.02. The highest BCUT2D eigenvalue weighted by atomic mass is 79.9. The van der Waals surface area contributed by atoms with Crippen LogP contribution in [0.2, 0.25) is 0 Å². The number of anilines is 1. The van der Waals surface area contributed by atoms with Gasteiger partial charge in [0, 0.05) is 29.3 Å². The van der Waals surface area contributed by atoms with Gasteiger partial charge >= 0.3 is 0 Å². The zero-order valence-corrected chi connectivity index (χ0v) is 18.9. The van der Waals surface area contributed by atoms with E-state index in [4.69, 9.17) is 0 Å². The molecule has 0 amide bonds. The van der Waals surface area contributed by atoms with Gasteiger partial charge in [0.15, 0.2) is 5.82 Å². The second-order valence-corrected chi connectivity index (χ2v) is 8.61. The van der Waals surface area contributed by atoms with Crippen molar-refractivity contribution in [3.05, 3.63) is 46.7 Å². The molecule has 29 heavy (non-hydrogen) atoms. The molecule has 1 aromatic carbocycles. The summed E-state index contributed by atoms with van der Waals surface area (Å²) in [6.45, 7) is 5.84. The number of rotatable bonds is 6. The molecule has 2 unspecified atom stereocenters. The minimum absolute atomic E-state index is 0.0656. The van der Waals surface area contributed by atoms with Crippen molar-refractivity contribution in [2.24, 2.45) is 4.99 Å². The topological polar surface area (TPSA) is 74.3 Å². The third-order valence-electron chi connectivity index (χ3n) is 4.18. The van der Waals surface area contributed by atoms with Crippen LogP contribution in [0.1, 0.15) is 55.1 Å². The number of carbonyl (C=O) groups is 1. The van der Waals surface area contributed by atoms with E-state index in [0.717, 1.165) is 12.1 Å². The summed E-state index contributed by atoms with van der Waals surface area (Å²) in [5, 5.41) is 0. The maximum atomic E-state index is 14.8. The third kappa shape index (κ3) is 5.39. The van der Waals surface area contributed by atoms with E-state index < -0.39 is 34.0 Å². The van der Waals surface area contributed by atoms with Gasteiger partial charge in [-0.1, -0.05) is 36.7 Å². The Bertz CT molecular complexity index is 931. The number of carbonyl (C=O) groups excluding carboxylic acids is 1. The Morgan fingerprint density at radius 2 is 2.10 bits per heavy atom. The molecule has 9 heteroatoms. The molecular weight excluding hydrogens is 464 g/mol. The zero-order chi connectivity index (χ0) is 21.6. The SMILES string of the molecule is CC.CCCS(=O)Nc1ccc(F)c(C(=O)c2c[nH]c3c2CCC(Br)C=N3)c1F. The van der Waals surface area contributed by atoms with Gasteiger partial charge < -0.3 is 9.71 Å². The van der Waals surface area contributed by atoms with Crippen molar-refractivity contribution in [2.75, 3.05) is 10.5 Å². The van der Waals surface area contributed by atoms with E-state index in [1.165, 1.54) is 6.20 Å². The first-order valence-electron chi connectivity index (χ1n) is 9.48. The molecule has 0 bridgehead atoms. The van der Waals surface area contributed by atoms with Crippen molar-refractivity contribution in [1.29, 1.82) is 0 Å². The van der Waals surface area contributed by atoms with Gasteiger partial charge in [0.2, 0.25) is 5.78 Å². The van der Waals surface area contributed by atoms with Crippen LogP contribution in [0.5, 0.6) is 0 Å². The van der Waals surface area contributed by atoms with Crippen LogP contribution < -0.4 is 4.72 Å². The van der Waals surface area contributed by atoms with Crippen LogP contribution in [0.4, 0.5) is 20.3 Å². The van der Waals surface area contributed by atoms with Crippen LogP contribution >= 0.6 is 15.9 Å². The highest BCUT2D eigenvalue weighted by molar-refractivity contribution is 9.09. The Morgan fingerprint density at radius 1 is 1.38 bits per heavy atom. The lowest BCUT2D eigenvalue weighted by Crippen LogP contribution is -2.14. The summed E-state index contributed by atoms with van der Waals surface area (Å²) >= 11 is 3.45. The van der Waals surface area contributed by atoms with Crippen LogP contribution in [-0.4, -0.2) is 31.8 Å². The van der Waals surface area contributed by atoms with E-state index in [0.29, 0.717) is 36.4 Å². The molecule has 1 aliphatic rings. The summed E-state index contributed by atoms with van der Waals surface area (Å²) in [4.78, 5) is 20.1. The maximum absolute atomic E-state index is 14.8. The Morgan fingerprint density at radius 3 is 2.79 bits per heavy atom. The molecule has 0 saturated carbocycles. The van der Waals surface area contributed by atoms with Crippen LogP contribution in [-0.2, 0) is 17.4 Å². The monoisotopic (exact) mass is 487 g/mol. The molecule has 2 atom stereocenters. The van der Waals surface area contributed by atoms with E-state index in [1.807, 2.05) is 20.8 Å². The van der Waals surface area contributed by atoms with Gasteiger partial charge in [-0.25, -0.2) is 18.0 Å². The number of hydrogen-bond donors (Lipinski definition) is 2. The van der Waals surface area contributed by atoms with Gasteiger partial charge in [-0.05, 0) is 31.4 Å². The molecule has 0 saturated heterocycles. The molecular formula is C20H24BrF2N3O2S. The van der Waals surface area contributed by atoms with Crippen molar-refractivity contribution in [3.63, 3.8) is 0 Å². The Hall–Kier alpha value is -1.87. The summed E-state index contributed by atoms with van der Waals surface area (Å²) < 4.78 is 43.5. The number of halogens is 3. The third-order valence-corrected chi connectivity index (χ3v) is 6.10. The van der Waals surface area contributed by atoms with Gasteiger partial charge in [0.25, 0.3) is 0 Å². The number of nitrogens with zero attached hydrogens (tertiary/aromatic N) is 1. The average molecular weight is 488 g/mol. The van der Waals surface area contributed by atoms with Gasteiger partial charge in [-0.3, -0.25) is 4.79 Å². The summed E-state index contributed by atoms with van der Waals surface area (Å²) in [5.74, 6) is -1.95. The number of H-pyrrole nitrogens is 1. The van der Waals surface area contributed by atoms with Crippen LogP contribution in [0, 0.1) is 11.6 Å². The van der Waals surface area contributed by atoms with Gasteiger partial charge in [-0.2, -0.15) is 0 Å². The minimum atomic E-state index is -1.51. The van der Waals surface area contributed by atoms with Crippen molar-refractivity contribution in [2.45, 2.75) is 44.9 Å². The maximum Gasteiger partial charge on any atom is 0.200 e. The Labute approximate surface area is 180 Å². The second kappa shape index (κ2) is 10.8. The zero-order valence-electron chi connectivity index (χ0n) is 16.5. The fraction of sp³-hybridized carbons (Fsp3) is 0.400. The number of benzene rings is 1. The molecule has 3 rings (SSSR count). The number of aromatic amines is 1. The summed E-state index contributed by atoms with van der Waals surface area (Å²) in [5.41, 5.74) is -0.0103. The largest absolute Gasteiger partial charge is 0.346 e. The number of aromatic nitrogens is 1. The molecule has 158 valence electrons. The first-order valence-corrected chi connectivity index (χ1v) is 11.7. The van der Waals surface area contributed by atoms with Crippen molar-refractivity contribution in [1.82, 2.24) is 4.98 Å². The fourth-order valence-electron chi connectivity index (χ4n) is 2.86. The number of ketones is 1. The van der Waals surface area contributed by atoms with Gasteiger partial charge in [-0.15, -0.1) is 0 Å². The van der Waals surface area contributed by atoms with E-state index in [9.17, 15) is 17.8 Å². The number of hydrogen-bond acceptors (Lipinski definition) is 3. The van der Waals surface area contributed by atoms with Gasteiger partial charge in [0.05, 0.1) is 16.1 Å². The predicted octanol–water partition coefficient (Wildman–Crippen LogP) is 5.45. The molecule has 2 aromatic rings. The number of nitrogens with one attached hydrogen (secondary N) is 2. The van der Waals surface area contributed by atoms with Gasteiger partial charge in [0.1, 0.15) is 22.6 Å². The normalized spacial score (nSPS) is 16.3. The standard InChI is InChI=1S/C18H18BrF2N3O2S.C2H6/c1-2-7-27(26)24-14-6-5-13(20)15(16(14)21)17(25)12-9-23-18-11(12)4-3-10(19)8-22-18;1-2/h5-6,8-10,23-24H,2-4,7H2,1H3;1-2H3. The molecule has 1 aromatic heterocycles. The number of aliphatic imine (C=N–C) groups is 1. The average Bonchev–Trinajstić information content (AvgIpc) is 3.02. The van der Waals surface area contributed by atoms with Crippen LogP contribution in [0.15, 0.2) is 23.3 Å². The van der Waals surface area contributed by atoms with Crippen LogP contribution in [0.25, 0.3) is 0 Å². The quantitative estimate of drug-likeness (QED) is 0.419. The summed E-state index contributed by atoms with van der Waals surface area (Å²) in [6, 6.07) is 2.14. The second-order valence-electron chi connectivity index (χ2n) is 6.13. The van der Waals surface area contributed by atoms with Crippen molar-refractivity contribution >= 4 is 50.4 Å². The Balaban J connectivity index is 0.00000145. The lowest BCUT2D eigenvalue weighted by Gasteiger charge is -2.11. The fourth-order valence-corrected chi connectivity index (χ4v) is 4.08. The van der Waals surface area contributed by atoms with Crippen LogP contribution in [0.3, 0.4) is 0 Å². The molecule has 0 spiro atoms. The Kier molecular flexibility index (Phi) is 8.70. The molecule has 1 aliphatic heterocycles. The predicted molar refractivity (Wildman–Crippen MR) is 118 cm³/mol. The number of alkyl halides is 1. The van der Waals surface area contributed by atoms with E-state index in [1.54, 1.807) is 6.21 Å². The van der Waals surface area contributed by atoms with Crippen molar-refractivity contribution in [3.8, 4) is 0 Å². The first kappa shape index (κ1) is 23.4. The summed E-state index contributed by atoms with van der Waals surface area (Å²) in [7, 11) is -1.51. The first-order chi connectivity index (χ1) is 13.9. The highest BCUT2D eigenvalue weighted by Gasteiger charge is 2.27. The lowest BCUT2D eigenvalue weighted by atomic mass is 9.98. The van der Waals surface area contributed by atoms with E-state index in [2.05, 4.69) is 30.6 Å². The molecule has 5 nitrogen and oxygen atoms in total. The molecule has 2 heterocycles. The van der Waals surface area contributed by atoms with E-state index in [-0.39, 0.29) is 16.1 Å². The lowest BCUT2D eigenvalue weighted by molar-refractivity contribution is 0.103. The van der Waals surface area contributed by atoms with Crippen molar-refractivity contribution < 1.29 is 17.8 Å². The smallest absolute Gasteiger partial charge is 0.200 e. The highest BCUT2D eigenvalue weighted by Crippen LogP contribution is 2.31.